The molecular formula is C28H27NO5. The summed E-state index contributed by atoms with van der Waals surface area (Å²) in [6.45, 7) is 4.43. The van der Waals surface area contributed by atoms with Crippen molar-refractivity contribution in [3.63, 3.8) is 0 Å². The number of carboxylic acids is 1. The summed E-state index contributed by atoms with van der Waals surface area (Å²) in [6, 6.07) is 21.2. The SMILES string of the molecule is CCC(C)C(c1ccc(-c2ccc(NC(=O)CC(=O)O)c(O)c2)cc1)c1coc2ccccc12. The number of benzene rings is 3. The number of anilines is 1. The van der Waals surface area contributed by atoms with Gasteiger partial charge < -0.3 is 19.9 Å². The van der Waals surface area contributed by atoms with E-state index in [1.165, 1.54) is 11.1 Å². The molecule has 0 radical (unpaired) electrons. The average molecular weight is 458 g/mol. The molecule has 3 N–H and O–H groups in total. The minimum absolute atomic E-state index is 0.123. The summed E-state index contributed by atoms with van der Waals surface area (Å²) < 4.78 is 5.82. The largest absolute Gasteiger partial charge is 0.506 e. The van der Waals surface area contributed by atoms with E-state index in [4.69, 9.17) is 9.52 Å². The normalized spacial score (nSPS) is 12.9. The Morgan fingerprint density at radius 3 is 2.38 bits per heavy atom. The van der Waals surface area contributed by atoms with E-state index in [1.54, 1.807) is 18.2 Å². The maximum atomic E-state index is 11.7. The van der Waals surface area contributed by atoms with E-state index < -0.39 is 18.3 Å². The molecule has 0 aliphatic rings. The van der Waals surface area contributed by atoms with Crippen molar-refractivity contribution in [2.45, 2.75) is 32.6 Å². The molecule has 1 heterocycles. The Labute approximate surface area is 197 Å². The van der Waals surface area contributed by atoms with E-state index in [0.717, 1.165) is 28.5 Å². The smallest absolute Gasteiger partial charge is 0.312 e. The first-order chi connectivity index (χ1) is 16.4. The Morgan fingerprint density at radius 1 is 1.00 bits per heavy atom. The van der Waals surface area contributed by atoms with Gasteiger partial charge in [-0.05, 0) is 40.8 Å². The average Bonchev–Trinajstić information content (AvgIpc) is 3.24. The molecule has 0 saturated carbocycles. The van der Waals surface area contributed by atoms with Crippen LogP contribution >= 0.6 is 0 Å². The van der Waals surface area contributed by atoms with Crippen LogP contribution in [0, 0.1) is 5.92 Å². The quantitative estimate of drug-likeness (QED) is 0.210. The van der Waals surface area contributed by atoms with Gasteiger partial charge in [0.05, 0.1) is 12.0 Å². The Kier molecular flexibility index (Phi) is 6.68. The number of furan rings is 1. The van der Waals surface area contributed by atoms with Gasteiger partial charge in [-0.15, -0.1) is 0 Å². The Balaban J connectivity index is 1.61. The molecule has 174 valence electrons. The van der Waals surface area contributed by atoms with Gasteiger partial charge in [-0.2, -0.15) is 0 Å². The molecule has 2 unspecified atom stereocenters. The highest BCUT2D eigenvalue weighted by Gasteiger charge is 2.24. The zero-order chi connectivity index (χ0) is 24.2. The van der Waals surface area contributed by atoms with Crippen LogP contribution < -0.4 is 5.32 Å². The number of fused-ring (bicyclic) bond motifs is 1. The zero-order valence-electron chi connectivity index (χ0n) is 19.1. The molecule has 6 heteroatoms. The van der Waals surface area contributed by atoms with E-state index in [0.29, 0.717) is 5.92 Å². The summed E-state index contributed by atoms with van der Waals surface area (Å²) in [5.41, 5.74) is 5.13. The maximum Gasteiger partial charge on any atom is 0.312 e. The van der Waals surface area contributed by atoms with E-state index in [-0.39, 0.29) is 17.4 Å². The molecule has 2 atom stereocenters. The molecule has 4 rings (SSSR count). The van der Waals surface area contributed by atoms with Crippen molar-refractivity contribution >= 4 is 28.5 Å². The molecular weight excluding hydrogens is 430 g/mol. The van der Waals surface area contributed by atoms with E-state index in [1.807, 2.05) is 36.6 Å². The van der Waals surface area contributed by atoms with Gasteiger partial charge in [0.1, 0.15) is 17.8 Å². The van der Waals surface area contributed by atoms with Crippen LogP contribution in [0.15, 0.2) is 77.4 Å². The molecule has 0 spiro atoms. The van der Waals surface area contributed by atoms with Crippen molar-refractivity contribution in [2.75, 3.05) is 5.32 Å². The highest BCUT2D eigenvalue weighted by atomic mass is 16.4. The summed E-state index contributed by atoms with van der Waals surface area (Å²) in [6.07, 6.45) is 2.23. The van der Waals surface area contributed by atoms with Gasteiger partial charge >= 0.3 is 5.97 Å². The third kappa shape index (κ3) is 4.81. The summed E-state index contributed by atoms with van der Waals surface area (Å²) in [4.78, 5) is 22.4. The van der Waals surface area contributed by atoms with Crippen LogP contribution in [0.25, 0.3) is 22.1 Å². The van der Waals surface area contributed by atoms with E-state index >= 15 is 0 Å². The standard InChI is InChI=1S/C28H27NO5/c1-3-17(2)28(22-16-34-25-7-5-4-6-21(22)25)19-10-8-18(9-11-19)20-12-13-23(24(30)14-20)29-26(31)15-27(32)33/h4-14,16-17,28,30H,3,15H2,1-2H3,(H,29,31)(H,32,33). The van der Waals surface area contributed by atoms with Crippen LogP contribution in [0.2, 0.25) is 0 Å². The lowest BCUT2D eigenvalue weighted by Crippen LogP contribution is -2.15. The number of nitrogens with one attached hydrogen (secondary N) is 1. The Hall–Kier alpha value is -4.06. The second-order valence-electron chi connectivity index (χ2n) is 8.52. The van der Waals surface area contributed by atoms with Gasteiger partial charge in [0.25, 0.3) is 0 Å². The van der Waals surface area contributed by atoms with Crippen molar-refractivity contribution in [1.82, 2.24) is 0 Å². The lowest BCUT2D eigenvalue weighted by Gasteiger charge is -2.23. The van der Waals surface area contributed by atoms with Crippen molar-refractivity contribution in [2.24, 2.45) is 5.92 Å². The molecule has 34 heavy (non-hydrogen) atoms. The number of para-hydroxylation sites is 1. The number of hydrogen-bond acceptors (Lipinski definition) is 4. The minimum Gasteiger partial charge on any atom is -0.506 e. The monoisotopic (exact) mass is 457 g/mol. The molecule has 1 amide bonds. The molecule has 0 saturated heterocycles. The van der Waals surface area contributed by atoms with Crippen molar-refractivity contribution in [3.8, 4) is 16.9 Å². The van der Waals surface area contributed by atoms with Gasteiger partial charge in [0, 0.05) is 16.9 Å². The molecule has 0 aliphatic carbocycles. The predicted octanol–water partition coefficient (Wildman–Crippen LogP) is 6.40. The number of carbonyl (C=O) groups is 2. The van der Waals surface area contributed by atoms with Crippen LogP contribution in [0.3, 0.4) is 0 Å². The first-order valence-electron chi connectivity index (χ1n) is 11.3. The number of phenols is 1. The molecule has 0 bridgehead atoms. The van der Waals surface area contributed by atoms with Gasteiger partial charge in [0.2, 0.25) is 5.91 Å². The van der Waals surface area contributed by atoms with Crippen molar-refractivity contribution in [1.29, 1.82) is 0 Å². The number of hydrogen-bond donors (Lipinski definition) is 3. The lowest BCUT2D eigenvalue weighted by atomic mass is 9.80. The number of rotatable bonds is 8. The third-order valence-electron chi connectivity index (χ3n) is 6.25. The molecule has 6 nitrogen and oxygen atoms in total. The molecule has 0 aliphatic heterocycles. The van der Waals surface area contributed by atoms with Crippen LogP contribution in [0.1, 0.15) is 43.7 Å². The van der Waals surface area contributed by atoms with E-state index in [2.05, 4.69) is 37.4 Å². The fourth-order valence-corrected chi connectivity index (χ4v) is 4.32. The number of amides is 1. The number of carboxylic acid groups (broad SMARTS) is 1. The summed E-state index contributed by atoms with van der Waals surface area (Å²) >= 11 is 0. The van der Waals surface area contributed by atoms with Crippen LogP contribution in [-0.2, 0) is 9.59 Å². The van der Waals surface area contributed by atoms with E-state index in [9.17, 15) is 14.7 Å². The summed E-state index contributed by atoms with van der Waals surface area (Å²) in [5.74, 6) is -1.45. The highest BCUT2D eigenvalue weighted by molar-refractivity contribution is 6.02. The zero-order valence-corrected chi connectivity index (χ0v) is 19.1. The fraction of sp³-hybridized carbons (Fsp3) is 0.214. The first kappa shape index (κ1) is 23.1. The molecule has 3 aromatic carbocycles. The van der Waals surface area contributed by atoms with Gasteiger partial charge in [-0.25, -0.2) is 0 Å². The van der Waals surface area contributed by atoms with Crippen LogP contribution in [-0.4, -0.2) is 22.1 Å². The lowest BCUT2D eigenvalue weighted by molar-refractivity contribution is -0.139. The molecule has 1 aromatic heterocycles. The van der Waals surface area contributed by atoms with Crippen molar-refractivity contribution in [3.05, 3.63) is 84.1 Å². The van der Waals surface area contributed by atoms with Gasteiger partial charge in [0.15, 0.2) is 0 Å². The fourth-order valence-electron chi connectivity index (χ4n) is 4.32. The van der Waals surface area contributed by atoms with Gasteiger partial charge in [-0.1, -0.05) is 68.8 Å². The predicted molar refractivity (Wildman–Crippen MR) is 132 cm³/mol. The number of aromatic hydroxyl groups is 1. The second-order valence-corrected chi connectivity index (χ2v) is 8.52. The second kappa shape index (κ2) is 9.83. The molecule has 4 aromatic rings. The summed E-state index contributed by atoms with van der Waals surface area (Å²) in [5, 5.41) is 22.6. The van der Waals surface area contributed by atoms with Crippen LogP contribution in [0.5, 0.6) is 5.75 Å². The summed E-state index contributed by atoms with van der Waals surface area (Å²) in [7, 11) is 0. The van der Waals surface area contributed by atoms with Crippen LogP contribution in [0.4, 0.5) is 5.69 Å². The Bertz CT molecular complexity index is 1320. The highest BCUT2D eigenvalue weighted by Crippen LogP contribution is 2.39. The van der Waals surface area contributed by atoms with Gasteiger partial charge in [-0.3, -0.25) is 9.59 Å². The van der Waals surface area contributed by atoms with Crippen molar-refractivity contribution < 1.29 is 24.2 Å². The topological polar surface area (TPSA) is 99.8 Å². The maximum absolute atomic E-state index is 11.7. The molecule has 0 fully saturated rings. The third-order valence-corrected chi connectivity index (χ3v) is 6.25. The minimum atomic E-state index is -1.23. The number of aliphatic carboxylic acids is 1. The first-order valence-corrected chi connectivity index (χ1v) is 11.3. The number of phenolic OH excluding ortho intramolecular Hbond substituents is 1. The Morgan fingerprint density at radius 2 is 1.71 bits per heavy atom. The number of carbonyl (C=O) groups excluding carboxylic acids is 1.